The quantitative estimate of drug-likeness (QED) is 0.497. The summed E-state index contributed by atoms with van der Waals surface area (Å²) in [6.07, 6.45) is 3.99. The van der Waals surface area contributed by atoms with E-state index in [4.69, 9.17) is 9.84 Å². The highest BCUT2D eigenvalue weighted by Crippen LogP contribution is 2.50. The minimum Gasteiger partial charge on any atom is -0.481 e. The summed E-state index contributed by atoms with van der Waals surface area (Å²) in [4.78, 5) is 34.7. The van der Waals surface area contributed by atoms with Crippen molar-refractivity contribution in [3.8, 4) is 17.1 Å². The third-order valence-electron chi connectivity index (χ3n) is 8.28. The van der Waals surface area contributed by atoms with E-state index in [1.807, 2.05) is 16.5 Å². The number of likely N-dealkylation sites (tertiary alicyclic amines) is 1. The molecule has 1 unspecified atom stereocenters. The van der Waals surface area contributed by atoms with Crippen molar-refractivity contribution < 1.29 is 18.7 Å². The van der Waals surface area contributed by atoms with E-state index in [9.17, 15) is 14.0 Å². The van der Waals surface area contributed by atoms with Gasteiger partial charge in [-0.25, -0.2) is 9.37 Å². The number of pyridine rings is 1. The van der Waals surface area contributed by atoms with Crippen LogP contribution in [0.1, 0.15) is 60.5 Å². The molecule has 3 aromatic heterocycles. The number of aromatic amines is 1. The topological polar surface area (TPSA) is 121 Å². The largest absolute Gasteiger partial charge is 0.481 e. The lowest BCUT2D eigenvalue weighted by atomic mass is 9.87. The van der Waals surface area contributed by atoms with E-state index in [0.717, 1.165) is 50.1 Å². The molecule has 5 heterocycles. The summed E-state index contributed by atoms with van der Waals surface area (Å²) in [5, 5.41) is 14.8. The molecule has 0 bridgehead atoms. The molecule has 12 heteroatoms. The first-order chi connectivity index (χ1) is 18.8. The third-order valence-corrected chi connectivity index (χ3v) is 8.28. The molecule has 1 saturated heterocycles. The Bertz CT molecular complexity index is 1410. The second-order valence-corrected chi connectivity index (χ2v) is 11.0. The standard InChI is InChI=1S/C27H33FN8O3/c1-16(21-10-18-15-34(2)8-9-36(18)33-21)30-25(37)17-4-7-35(27(13-17)5-6-27)26(38)23-12-22(31-32-23)19-11-24(39-3)29-14-20(19)28/h10-12,14,16-17H,4-9,13,15H2,1-3H3,(H,30,37)(H,31,32)/t16-,17?/m0/s1. The number of amides is 2. The van der Waals surface area contributed by atoms with Crippen LogP contribution in [-0.4, -0.2) is 79.4 Å². The van der Waals surface area contributed by atoms with Crippen LogP contribution < -0.4 is 10.1 Å². The summed E-state index contributed by atoms with van der Waals surface area (Å²) < 4.78 is 21.5. The fourth-order valence-corrected chi connectivity index (χ4v) is 5.83. The van der Waals surface area contributed by atoms with Crippen molar-refractivity contribution in [3.05, 3.63) is 47.3 Å². The second-order valence-electron chi connectivity index (χ2n) is 11.0. The molecular formula is C27H33FN8O3. The maximum Gasteiger partial charge on any atom is 0.272 e. The molecule has 0 radical (unpaired) electrons. The van der Waals surface area contributed by atoms with Gasteiger partial charge < -0.3 is 15.0 Å². The van der Waals surface area contributed by atoms with Crippen LogP contribution in [0.3, 0.4) is 0 Å². The number of rotatable bonds is 6. The normalized spacial score (nSPS) is 20.9. The maximum absolute atomic E-state index is 14.4. The number of likely N-dealkylation sites (N-methyl/N-ethyl adjacent to an activating group) is 1. The van der Waals surface area contributed by atoms with Crippen LogP contribution in [0.2, 0.25) is 0 Å². The zero-order chi connectivity index (χ0) is 27.3. The summed E-state index contributed by atoms with van der Waals surface area (Å²) >= 11 is 0. The highest BCUT2D eigenvalue weighted by molar-refractivity contribution is 5.94. The molecule has 1 spiro atoms. The molecule has 0 aromatic carbocycles. The maximum atomic E-state index is 14.4. The number of H-pyrrole nitrogens is 1. The smallest absolute Gasteiger partial charge is 0.272 e. The van der Waals surface area contributed by atoms with Gasteiger partial charge >= 0.3 is 0 Å². The number of hydrogen-bond donors (Lipinski definition) is 2. The Hall–Kier alpha value is -3.80. The average molecular weight is 537 g/mol. The van der Waals surface area contributed by atoms with Crippen LogP contribution in [0.4, 0.5) is 4.39 Å². The Labute approximate surface area is 225 Å². The number of piperidine rings is 1. The van der Waals surface area contributed by atoms with Crippen LogP contribution in [-0.2, 0) is 17.9 Å². The van der Waals surface area contributed by atoms with Gasteiger partial charge in [0.25, 0.3) is 5.91 Å². The molecule has 2 atom stereocenters. The van der Waals surface area contributed by atoms with E-state index in [2.05, 4.69) is 38.5 Å². The molecule has 2 aliphatic heterocycles. The lowest BCUT2D eigenvalue weighted by Crippen LogP contribution is -2.51. The van der Waals surface area contributed by atoms with Gasteiger partial charge in [0, 0.05) is 42.7 Å². The minimum absolute atomic E-state index is 0.00917. The third kappa shape index (κ3) is 4.77. The number of nitrogens with one attached hydrogen (secondary N) is 2. The molecule has 2 fully saturated rings. The van der Waals surface area contributed by atoms with Crippen molar-refractivity contribution in [2.75, 3.05) is 27.2 Å². The molecule has 1 saturated carbocycles. The number of ether oxygens (including phenoxy) is 1. The first-order valence-electron chi connectivity index (χ1n) is 13.4. The van der Waals surface area contributed by atoms with Gasteiger partial charge in [0.1, 0.15) is 5.69 Å². The monoisotopic (exact) mass is 536 g/mol. The fourth-order valence-electron chi connectivity index (χ4n) is 5.83. The van der Waals surface area contributed by atoms with Crippen LogP contribution in [0.15, 0.2) is 24.4 Å². The predicted octanol–water partition coefficient (Wildman–Crippen LogP) is 2.52. The zero-order valence-corrected chi connectivity index (χ0v) is 22.4. The number of aromatic nitrogens is 5. The molecule has 1 aliphatic carbocycles. The van der Waals surface area contributed by atoms with Crippen molar-refractivity contribution in [2.45, 2.75) is 57.3 Å². The minimum atomic E-state index is -0.552. The van der Waals surface area contributed by atoms with Crippen LogP contribution in [0.25, 0.3) is 11.3 Å². The van der Waals surface area contributed by atoms with Gasteiger partial charge in [-0.3, -0.25) is 24.3 Å². The van der Waals surface area contributed by atoms with E-state index in [1.54, 1.807) is 6.07 Å². The van der Waals surface area contributed by atoms with Crippen molar-refractivity contribution in [3.63, 3.8) is 0 Å². The SMILES string of the molecule is COc1cc(-c2cc(C(=O)N3CCC(C(=O)N[C@@H](C)c4cc5n(n4)CCN(C)C5)CC34CC4)[nH]n2)c(F)cn1. The predicted molar refractivity (Wildman–Crippen MR) is 139 cm³/mol. The van der Waals surface area contributed by atoms with Crippen LogP contribution in [0.5, 0.6) is 5.88 Å². The van der Waals surface area contributed by atoms with Gasteiger partial charge in [-0.15, -0.1) is 0 Å². The van der Waals surface area contributed by atoms with Crippen LogP contribution >= 0.6 is 0 Å². The summed E-state index contributed by atoms with van der Waals surface area (Å²) in [5.41, 5.74) is 2.51. The van der Waals surface area contributed by atoms with E-state index in [-0.39, 0.29) is 46.5 Å². The first kappa shape index (κ1) is 25.5. The molecule has 2 N–H and O–H groups in total. The summed E-state index contributed by atoms with van der Waals surface area (Å²) in [6, 6.07) is 4.90. The van der Waals surface area contributed by atoms with Gasteiger partial charge in [0.15, 0.2) is 5.82 Å². The molecular weight excluding hydrogens is 503 g/mol. The summed E-state index contributed by atoms with van der Waals surface area (Å²) in [5.74, 6) is -0.639. The van der Waals surface area contributed by atoms with Gasteiger partial charge in [0.2, 0.25) is 11.8 Å². The molecule has 3 aromatic rings. The van der Waals surface area contributed by atoms with Gasteiger partial charge in [0.05, 0.1) is 43.0 Å². The van der Waals surface area contributed by atoms with Gasteiger partial charge in [-0.2, -0.15) is 10.2 Å². The number of carbonyl (C=O) groups is 2. The van der Waals surface area contributed by atoms with E-state index >= 15 is 0 Å². The number of nitrogens with zero attached hydrogens (tertiary/aromatic N) is 6. The van der Waals surface area contributed by atoms with E-state index in [0.29, 0.717) is 25.1 Å². The number of methoxy groups -OCH3 is 1. The van der Waals surface area contributed by atoms with E-state index < -0.39 is 5.82 Å². The fraction of sp³-hybridized carbons (Fsp3) is 0.519. The Morgan fingerprint density at radius 1 is 1.23 bits per heavy atom. The van der Waals surface area contributed by atoms with Crippen LogP contribution in [0, 0.1) is 11.7 Å². The first-order valence-corrected chi connectivity index (χ1v) is 13.4. The molecule has 11 nitrogen and oxygen atoms in total. The van der Waals surface area contributed by atoms with Crippen molar-refractivity contribution in [1.82, 2.24) is 40.1 Å². The lowest BCUT2D eigenvalue weighted by Gasteiger charge is -2.39. The molecule has 39 heavy (non-hydrogen) atoms. The number of halogens is 1. The Morgan fingerprint density at radius 3 is 2.82 bits per heavy atom. The molecule has 206 valence electrons. The van der Waals surface area contributed by atoms with Gasteiger partial charge in [-0.1, -0.05) is 0 Å². The van der Waals surface area contributed by atoms with Crippen molar-refractivity contribution in [2.24, 2.45) is 5.92 Å². The number of fused-ring (bicyclic) bond motifs is 1. The van der Waals surface area contributed by atoms with Crippen molar-refractivity contribution in [1.29, 1.82) is 0 Å². The van der Waals surface area contributed by atoms with Crippen molar-refractivity contribution >= 4 is 11.8 Å². The second kappa shape index (κ2) is 9.74. The average Bonchev–Trinajstić information content (AvgIpc) is 3.33. The highest BCUT2D eigenvalue weighted by atomic mass is 19.1. The van der Waals surface area contributed by atoms with Gasteiger partial charge in [-0.05, 0) is 51.8 Å². The summed E-state index contributed by atoms with van der Waals surface area (Å²) in [6.45, 7) is 5.11. The highest BCUT2D eigenvalue weighted by Gasteiger charge is 2.54. The Kier molecular flexibility index (Phi) is 6.37. The zero-order valence-electron chi connectivity index (χ0n) is 22.4. The molecule has 6 rings (SSSR count). The Balaban J connectivity index is 1.11. The summed E-state index contributed by atoms with van der Waals surface area (Å²) in [7, 11) is 3.54. The number of carbonyl (C=O) groups excluding carboxylic acids is 2. The Morgan fingerprint density at radius 2 is 2.05 bits per heavy atom. The molecule has 2 amide bonds. The van der Waals surface area contributed by atoms with E-state index in [1.165, 1.54) is 13.2 Å². The lowest BCUT2D eigenvalue weighted by molar-refractivity contribution is -0.128. The molecule has 3 aliphatic rings. The number of hydrogen-bond acceptors (Lipinski definition) is 7.